The van der Waals surface area contributed by atoms with Crippen LogP contribution in [-0.2, 0) is 10.0 Å². The van der Waals surface area contributed by atoms with Crippen molar-refractivity contribution in [2.45, 2.75) is 11.8 Å². The molecule has 0 saturated carbocycles. The first kappa shape index (κ1) is 17.7. The number of rotatable bonds is 5. The third-order valence-electron chi connectivity index (χ3n) is 3.23. The molecular formula is C14H12ClN3O5S. The van der Waals surface area contributed by atoms with Crippen LogP contribution >= 0.6 is 11.6 Å². The molecule has 0 atom stereocenters. The fraction of sp³-hybridized carbons (Fsp3) is 0.0714. The van der Waals surface area contributed by atoms with E-state index >= 15 is 0 Å². The number of carbonyl (C=O) groups excluding carboxylic acids is 1. The zero-order valence-corrected chi connectivity index (χ0v) is 13.9. The summed E-state index contributed by atoms with van der Waals surface area (Å²) in [4.78, 5) is 21.3. The Labute approximate surface area is 142 Å². The number of benzene rings is 2. The van der Waals surface area contributed by atoms with Crippen molar-refractivity contribution in [2.75, 3.05) is 4.72 Å². The van der Waals surface area contributed by atoms with Gasteiger partial charge in [0.05, 0.1) is 26.1 Å². The molecule has 1 amide bonds. The second-order valence-electron chi connectivity index (χ2n) is 4.82. The van der Waals surface area contributed by atoms with Crippen molar-refractivity contribution in [1.82, 2.24) is 0 Å². The maximum absolute atomic E-state index is 12.5. The van der Waals surface area contributed by atoms with E-state index in [1.165, 1.54) is 31.2 Å². The summed E-state index contributed by atoms with van der Waals surface area (Å²) in [5.74, 6) is -0.818. The zero-order chi connectivity index (χ0) is 18.1. The van der Waals surface area contributed by atoms with E-state index in [0.717, 1.165) is 12.1 Å². The molecule has 3 N–H and O–H groups in total. The van der Waals surface area contributed by atoms with Crippen LogP contribution in [0.3, 0.4) is 0 Å². The Kier molecular flexibility index (Phi) is 4.76. The Balaban J connectivity index is 2.53. The number of nitro benzene ring substituents is 1. The smallest absolute Gasteiger partial charge is 0.275 e. The van der Waals surface area contributed by atoms with Crippen LogP contribution in [0.5, 0.6) is 0 Å². The van der Waals surface area contributed by atoms with E-state index in [1.807, 2.05) is 0 Å². The van der Waals surface area contributed by atoms with Crippen molar-refractivity contribution >= 4 is 38.9 Å². The van der Waals surface area contributed by atoms with Gasteiger partial charge in [-0.05, 0) is 25.1 Å². The normalized spacial score (nSPS) is 11.1. The SMILES string of the molecule is Cc1c(Cl)cc(S(=O)(=O)Nc2ccccc2C(N)=O)cc1[N+](=O)[O-]. The van der Waals surface area contributed by atoms with E-state index in [9.17, 15) is 23.3 Å². The molecule has 8 nitrogen and oxygen atoms in total. The lowest BCUT2D eigenvalue weighted by Crippen LogP contribution is -2.18. The van der Waals surface area contributed by atoms with Gasteiger partial charge >= 0.3 is 0 Å². The van der Waals surface area contributed by atoms with Gasteiger partial charge in [-0.2, -0.15) is 0 Å². The summed E-state index contributed by atoms with van der Waals surface area (Å²) in [6.07, 6.45) is 0. The van der Waals surface area contributed by atoms with E-state index in [2.05, 4.69) is 4.72 Å². The Morgan fingerprint density at radius 1 is 1.29 bits per heavy atom. The number of sulfonamides is 1. The number of nitrogens with one attached hydrogen (secondary N) is 1. The molecule has 0 fully saturated rings. The molecule has 0 aromatic heterocycles. The van der Waals surface area contributed by atoms with Gasteiger partial charge in [-0.15, -0.1) is 0 Å². The summed E-state index contributed by atoms with van der Waals surface area (Å²) in [6.45, 7) is 1.41. The minimum atomic E-state index is -4.21. The number of halogens is 1. The largest absolute Gasteiger partial charge is 0.366 e. The molecule has 24 heavy (non-hydrogen) atoms. The van der Waals surface area contributed by atoms with E-state index < -0.39 is 31.4 Å². The van der Waals surface area contributed by atoms with E-state index in [4.69, 9.17) is 17.3 Å². The number of primary amides is 1. The number of para-hydroxylation sites is 1. The fourth-order valence-electron chi connectivity index (χ4n) is 1.98. The summed E-state index contributed by atoms with van der Waals surface area (Å²) >= 11 is 5.88. The van der Waals surface area contributed by atoms with Gasteiger partial charge < -0.3 is 5.73 Å². The van der Waals surface area contributed by atoms with Crippen LogP contribution < -0.4 is 10.5 Å². The third-order valence-corrected chi connectivity index (χ3v) is 4.97. The Bertz CT molecular complexity index is 943. The number of amides is 1. The Hall–Kier alpha value is -2.65. The molecule has 0 aliphatic carbocycles. The standard InChI is InChI=1S/C14H12ClN3O5S/c1-8-11(15)6-9(7-13(8)18(20)21)24(22,23)17-12-5-3-2-4-10(12)14(16)19/h2-7,17H,1H3,(H2,16,19). The molecule has 126 valence electrons. The molecule has 0 aliphatic heterocycles. The van der Waals surface area contributed by atoms with E-state index in [1.54, 1.807) is 0 Å². The molecule has 2 aromatic carbocycles. The highest BCUT2D eigenvalue weighted by Gasteiger charge is 2.23. The second-order valence-corrected chi connectivity index (χ2v) is 6.91. The van der Waals surface area contributed by atoms with Gasteiger partial charge in [-0.1, -0.05) is 23.7 Å². The van der Waals surface area contributed by atoms with Crippen molar-refractivity contribution < 1.29 is 18.1 Å². The van der Waals surface area contributed by atoms with Gasteiger partial charge in [0.15, 0.2) is 0 Å². The Morgan fingerprint density at radius 2 is 1.92 bits per heavy atom. The van der Waals surface area contributed by atoms with Crippen LogP contribution in [0.1, 0.15) is 15.9 Å². The van der Waals surface area contributed by atoms with Gasteiger partial charge in [-0.3, -0.25) is 19.6 Å². The number of nitro groups is 1. The summed E-state index contributed by atoms with van der Waals surface area (Å²) < 4.78 is 27.1. The molecule has 0 aliphatic rings. The van der Waals surface area contributed by atoms with Crippen LogP contribution in [0.25, 0.3) is 0 Å². The highest BCUT2D eigenvalue weighted by Crippen LogP contribution is 2.30. The minimum absolute atomic E-state index is 0.0335. The topological polar surface area (TPSA) is 132 Å². The minimum Gasteiger partial charge on any atom is -0.366 e. The van der Waals surface area contributed by atoms with Crippen molar-refractivity contribution in [2.24, 2.45) is 5.73 Å². The average Bonchev–Trinajstić information content (AvgIpc) is 2.49. The lowest BCUT2D eigenvalue weighted by atomic mass is 10.2. The highest BCUT2D eigenvalue weighted by molar-refractivity contribution is 7.92. The van der Waals surface area contributed by atoms with Gasteiger partial charge in [0.2, 0.25) is 0 Å². The fourth-order valence-corrected chi connectivity index (χ4v) is 3.38. The second kappa shape index (κ2) is 6.46. The molecule has 2 rings (SSSR count). The summed E-state index contributed by atoms with van der Waals surface area (Å²) in [5.41, 5.74) is 4.85. The molecule has 10 heteroatoms. The van der Waals surface area contributed by atoms with Crippen LogP contribution in [0.15, 0.2) is 41.3 Å². The van der Waals surface area contributed by atoms with Crippen LogP contribution in [0, 0.1) is 17.0 Å². The predicted octanol–water partition coefficient (Wildman–Crippen LogP) is 2.46. The number of anilines is 1. The quantitative estimate of drug-likeness (QED) is 0.617. The first-order chi connectivity index (χ1) is 11.1. The first-order valence-corrected chi connectivity index (χ1v) is 8.36. The number of hydrogen-bond acceptors (Lipinski definition) is 5. The summed E-state index contributed by atoms with van der Waals surface area (Å²) in [5, 5.41) is 11.0. The van der Waals surface area contributed by atoms with Gasteiger partial charge in [0.25, 0.3) is 21.6 Å². The maximum atomic E-state index is 12.5. The molecule has 0 unspecified atom stereocenters. The number of hydrogen-bond donors (Lipinski definition) is 2. The number of nitrogens with zero attached hydrogens (tertiary/aromatic N) is 1. The molecule has 0 saturated heterocycles. The van der Waals surface area contributed by atoms with Crippen molar-refractivity contribution in [3.8, 4) is 0 Å². The number of nitrogens with two attached hydrogens (primary N) is 1. The van der Waals surface area contributed by atoms with Crippen LogP contribution in [0.2, 0.25) is 5.02 Å². The van der Waals surface area contributed by atoms with Crippen molar-refractivity contribution in [1.29, 1.82) is 0 Å². The van der Waals surface area contributed by atoms with Gasteiger partial charge in [-0.25, -0.2) is 8.42 Å². The van der Waals surface area contributed by atoms with Crippen molar-refractivity contribution in [3.05, 3.63) is 62.7 Å². The molecule has 0 bridgehead atoms. The maximum Gasteiger partial charge on any atom is 0.275 e. The molecular weight excluding hydrogens is 358 g/mol. The Morgan fingerprint density at radius 3 is 2.50 bits per heavy atom. The third kappa shape index (κ3) is 3.47. The van der Waals surface area contributed by atoms with Crippen LogP contribution in [0.4, 0.5) is 11.4 Å². The lowest BCUT2D eigenvalue weighted by Gasteiger charge is -2.11. The molecule has 0 spiro atoms. The first-order valence-electron chi connectivity index (χ1n) is 6.49. The zero-order valence-electron chi connectivity index (χ0n) is 12.3. The summed E-state index contributed by atoms with van der Waals surface area (Å²) in [7, 11) is -4.21. The van der Waals surface area contributed by atoms with Crippen molar-refractivity contribution in [3.63, 3.8) is 0 Å². The van der Waals surface area contributed by atoms with Gasteiger partial charge in [0.1, 0.15) is 0 Å². The van der Waals surface area contributed by atoms with E-state index in [0.29, 0.717) is 0 Å². The van der Waals surface area contributed by atoms with Gasteiger partial charge in [0, 0.05) is 11.6 Å². The predicted molar refractivity (Wildman–Crippen MR) is 88.6 cm³/mol. The highest BCUT2D eigenvalue weighted by atomic mass is 35.5. The molecule has 2 aromatic rings. The number of carbonyl (C=O) groups is 1. The molecule has 0 heterocycles. The summed E-state index contributed by atoms with van der Waals surface area (Å²) in [6, 6.07) is 7.72. The average molecular weight is 370 g/mol. The lowest BCUT2D eigenvalue weighted by molar-refractivity contribution is -0.385. The molecule has 0 radical (unpaired) electrons. The van der Waals surface area contributed by atoms with E-state index in [-0.39, 0.29) is 21.8 Å². The van der Waals surface area contributed by atoms with Crippen LogP contribution in [-0.4, -0.2) is 19.2 Å². The monoisotopic (exact) mass is 369 g/mol.